The molecule has 1 aromatic heterocycles. The van der Waals surface area contributed by atoms with E-state index < -0.39 is 33.1 Å². The highest BCUT2D eigenvalue weighted by Gasteiger charge is 2.29. The first-order chi connectivity index (χ1) is 32.6. The third-order valence-electron chi connectivity index (χ3n) is 12.8. The Morgan fingerprint density at radius 2 is 1.46 bits per heavy atom. The fourth-order valence-corrected chi connectivity index (χ4v) is 10.9. The molecular formula is C52H57F3N6O5S2. The number of aryl methyl sites for hydroxylation is 2. The number of benzene rings is 5. The second-order valence-corrected chi connectivity index (χ2v) is 20.4. The maximum atomic E-state index is 16.5. The maximum absolute atomic E-state index is 16.5. The van der Waals surface area contributed by atoms with Crippen molar-refractivity contribution >= 4 is 50.7 Å². The summed E-state index contributed by atoms with van der Waals surface area (Å²) in [7, 11) is -2.07. The minimum Gasteiger partial charge on any atom is -0.390 e. The Kier molecular flexibility index (Phi) is 16.1. The van der Waals surface area contributed by atoms with Gasteiger partial charge in [0.1, 0.15) is 11.6 Å². The van der Waals surface area contributed by atoms with E-state index in [0.717, 1.165) is 67.3 Å². The molecule has 1 atom stereocenters. The summed E-state index contributed by atoms with van der Waals surface area (Å²) in [4.78, 5) is 24.1. The summed E-state index contributed by atoms with van der Waals surface area (Å²) in [5.41, 5.74) is 5.11. The van der Waals surface area contributed by atoms with Crippen LogP contribution in [0.5, 0.6) is 0 Å². The molecule has 5 aromatic carbocycles. The molecule has 3 N–H and O–H groups in total. The number of nitrogens with one attached hydrogen (secondary N) is 2. The van der Waals surface area contributed by atoms with Crippen LogP contribution in [0.2, 0.25) is 0 Å². The molecule has 2 saturated heterocycles. The highest BCUT2D eigenvalue weighted by Crippen LogP contribution is 2.40. The highest BCUT2D eigenvalue weighted by atomic mass is 32.2. The highest BCUT2D eigenvalue weighted by molar-refractivity contribution is 7.99. The molecule has 2 aliphatic rings. The van der Waals surface area contributed by atoms with Gasteiger partial charge in [-0.15, -0.1) is 11.8 Å². The standard InChI is InChI=1S/C51H57F3N6O3S2.CO2/c1-35-32-43(18-20-46(35)55-40(34-64-42-8-6-5-7-9-42)22-25-58-26-23-51(3,61)24-27-58)65(62,63)56-39-14-16-41(17-15-39)59-28-30-60(31-29-59)47-21-19-45(53)48(49(47)54)44-33-36(2)57(4)50(44)37-10-12-38(52)13-11-37;2-1-3/h5-21,32-33,40,55-56,61H,22-31,34H2,1-4H3;/t40-;/m1./s1. The number of aliphatic hydroxyl groups is 1. The van der Waals surface area contributed by atoms with Gasteiger partial charge < -0.3 is 29.7 Å². The van der Waals surface area contributed by atoms with Gasteiger partial charge in [0.2, 0.25) is 0 Å². The molecule has 0 bridgehead atoms. The lowest BCUT2D eigenvalue weighted by Gasteiger charge is -2.37. The summed E-state index contributed by atoms with van der Waals surface area (Å²) in [6, 6.07) is 33.3. The number of carbonyl (C=O) groups excluding carboxylic acids is 2. The number of piperazine rings is 1. The van der Waals surface area contributed by atoms with E-state index in [1.165, 1.54) is 29.2 Å². The number of likely N-dealkylation sites (tertiary alicyclic amines) is 1. The summed E-state index contributed by atoms with van der Waals surface area (Å²) in [5, 5.41) is 14.1. The lowest BCUT2D eigenvalue weighted by atomic mass is 9.94. The van der Waals surface area contributed by atoms with Gasteiger partial charge in [-0.05, 0) is 148 Å². The van der Waals surface area contributed by atoms with Gasteiger partial charge in [-0.25, -0.2) is 21.6 Å². The fraction of sp³-hybridized carbons (Fsp3) is 0.327. The van der Waals surface area contributed by atoms with Gasteiger partial charge in [-0.1, -0.05) is 18.2 Å². The number of hydrogen-bond acceptors (Lipinski definition) is 10. The van der Waals surface area contributed by atoms with E-state index in [9.17, 15) is 17.9 Å². The smallest absolute Gasteiger partial charge is 0.373 e. The zero-order valence-corrected chi connectivity index (χ0v) is 40.3. The normalized spacial score (nSPS) is 15.5. The van der Waals surface area contributed by atoms with Gasteiger partial charge in [-0.2, -0.15) is 9.59 Å². The van der Waals surface area contributed by atoms with Crippen LogP contribution < -0.4 is 19.8 Å². The van der Waals surface area contributed by atoms with Gasteiger partial charge >= 0.3 is 6.15 Å². The van der Waals surface area contributed by atoms with Gasteiger partial charge in [0.25, 0.3) is 10.0 Å². The van der Waals surface area contributed by atoms with Crippen molar-refractivity contribution in [2.24, 2.45) is 7.05 Å². The first-order valence-electron chi connectivity index (χ1n) is 22.6. The van der Waals surface area contributed by atoms with Crippen LogP contribution in [0.15, 0.2) is 125 Å². The third kappa shape index (κ3) is 12.2. The molecule has 0 saturated carbocycles. The Morgan fingerprint density at radius 1 is 0.809 bits per heavy atom. The molecule has 16 heteroatoms. The summed E-state index contributed by atoms with van der Waals surface area (Å²) in [5.74, 6) is -0.870. The van der Waals surface area contributed by atoms with E-state index in [1.807, 2.05) is 73.7 Å². The van der Waals surface area contributed by atoms with Crippen molar-refractivity contribution in [2.45, 2.75) is 61.5 Å². The molecule has 11 nitrogen and oxygen atoms in total. The van der Waals surface area contributed by atoms with Crippen LogP contribution in [-0.2, 0) is 26.7 Å². The van der Waals surface area contributed by atoms with Crippen molar-refractivity contribution in [3.05, 3.63) is 144 Å². The molecule has 0 spiro atoms. The SMILES string of the molecule is Cc1cc(S(=O)(=O)Nc2ccc(N3CCN(c4ccc(F)c(-c5cc(C)n(C)c5-c5ccc(F)cc5)c4F)CC3)cc2)ccc1N[C@H](CCN1CCC(C)(O)CC1)CSc1ccccc1.O=C=O. The molecule has 0 unspecified atom stereocenters. The Labute approximate surface area is 401 Å². The van der Waals surface area contributed by atoms with E-state index in [2.05, 4.69) is 32.0 Å². The molecule has 0 aliphatic carbocycles. The number of piperidine rings is 1. The number of thioether (sulfide) groups is 1. The zero-order valence-electron chi connectivity index (χ0n) is 38.6. The summed E-state index contributed by atoms with van der Waals surface area (Å²) >= 11 is 1.79. The van der Waals surface area contributed by atoms with Crippen LogP contribution in [-0.4, -0.2) is 92.4 Å². The number of rotatable bonds is 15. The van der Waals surface area contributed by atoms with Crippen LogP contribution in [0.1, 0.15) is 37.4 Å². The number of halogens is 3. The zero-order chi connectivity index (χ0) is 48.6. The minimum atomic E-state index is -3.90. The Morgan fingerprint density at radius 3 is 2.10 bits per heavy atom. The quantitative estimate of drug-likeness (QED) is 0.0857. The van der Waals surface area contributed by atoms with Crippen molar-refractivity contribution in [1.82, 2.24) is 9.47 Å². The number of nitrogens with zero attached hydrogens (tertiary/aromatic N) is 4. The molecule has 0 amide bonds. The van der Waals surface area contributed by atoms with Crippen molar-refractivity contribution in [3.8, 4) is 22.4 Å². The molecule has 3 heterocycles. The molecule has 0 radical (unpaired) electrons. The van der Waals surface area contributed by atoms with Crippen molar-refractivity contribution in [1.29, 1.82) is 0 Å². The van der Waals surface area contributed by atoms with Crippen molar-refractivity contribution in [3.63, 3.8) is 0 Å². The Balaban J connectivity index is 0.00000222. The lowest BCUT2D eigenvalue weighted by molar-refractivity contribution is -0.191. The number of aromatic nitrogens is 1. The molecule has 6 aromatic rings. The van der Waals surface area contributed by atoms with Gasteiger partial charge in [0.05, 0.1) is 27.4 Å². The van der Waals surface area contributed by atoms with E-state index in [-0.39, 0.29) is 22.7 Å². The third-order valence-corrected chi connectivity index (χ3v) is 15.4. The van der Waals surface area contributed by atoms with Gasteiger partial charge in [0.15, 0.2) is 5.82 Å². The number of sulfonamides is 1. The summed E-state index contributed by atoms with van der Waals surface area (Å²) < 4.78 is 77.7. The van der Waals surface area contributed by atoms with Crippen LogP contribution >= 0.6 is 11.8 Å². The van der Waals surface area contributed by atoms with Gasteiger partial charge in [0, 0.05) is 97.9 Å². The first kappa shape index (κ1) is 49.9. The minimum absolute atomic E-state index is 0.118. The molecule has 8 rings (SSSR count). The van der Waals surface area contributed by atoms with Crippen molar-refractivity contribution < 1.29 is 36.3 Å². The molecule has 358 valence electrons. The molecule has 2 fully saturated rings. The first-order valence-corrected chi connectivity index (χ1v) is 25.0. The second kappa shape index (κ2) is 21.9. The van der Waals surface area contributed by atoms with E-state index >= 15 is 8.78 Å². The monoisotopic (exact) mass is 966 g/mol. The lowest BCUT2D eigenvalue weighted by Crippen LogP contribution is -2.46. The van der Waals surface area contributed by atoms with Crippen LogP contribution in [0.3, 0.4) is 0 Å². The second-order valence-electron chi connectivity index (χ2n) is 17.6. The average Bonchev–Trinajstić information content (AvgIpc) is 3.61. The van der Waals surface area contributed by atoms with Crippen LogP contribution in [0.4, 0.5) is 35.9 Å². The summed E-state index contributed by atoms with van der Waals surface area (Å²) in [6.07, 6.45) is 2.68. The van der Waals surface area contributed by atoms with E-state index in [0.29, 0.717) is 54.4 Å². The Hall–Kier alpha value is -6.03. The van der Waals surface area contributed by atoms with E-state index in [4.69, 9.17) is 9.59 Å². The maximum Gasteiger partial charge on any atom is 0.373 e. The predicted octanol–water partition coefficient (Wildman–Crippen LogP) is 9.75. The topological polar surface area (TPSA) is 127 Å². The van der Waals surface area contributed by atoms with Crippen LogP contribution in [0.25, 0.3) is 22.4 Å². The number of anilines is 4. The van der Waals surface area contributed by atoms with Gasteiger partial charge in [-0.3, -0.25) is 4.72 Å². The predicted molar refractivity (Wildman–Crippen MR) is 264 cm³/mol. The molecular weight excluding hydrogens is 910 g/mol. The number of hydrogen-bond donors (Lipinski definition) is 3. The Bertz CT molecular complexity index is 2800. The molecule has 68 heavy (non-hydrogen) atoms. The summed E-state index contributed by atoms with van der Waals surface area (Å²) in [6.45, 7) is 10.4. The van der Waals surface area contributed by atoms with Crippen molar-refractivity contribution in [2.75, 3.05) is 71.4 Å². The van der Waals surface area contributed by atoms with E-state index in [1.54, 1.807) is 54.2 Å². The largest absolute Gasteiger partial charge is 0.390 e. The molecule has 2 aliphatic heterocycles. The fourth-order valence-electron chi connectivity index (χ4n) is 8.76. The average molecular weight is 967 g/mol. The van der Waals surface area contributed by atoms with Crippen LogP contribution in [0, 0.1) is 31.3 Å².